The van der Waals surface area contributed by atoms with E-state index in [1.54, 1.807) is 35.4 Å². The van der Waals surface area contributed by atoms with Crippen LogP contribution in [0.4, 0.5) is 4.79 Å². The number of amides is 2. The first-order valence-electron chi connectivity index (χ1n) is 17.7. The summed E-state index contributed by atoms with van der Waals surface area (Å²) in [5.74, 6) is 0.244. The van der Waals surface area contributed by atoms with Gasteiger partial charge in [-0.3, -0.25) is 20.0 Å². The summed E-state index contributed by atoms with van der Waals surface area (Å²) in [6.45, 7) is 9.06. The highest BCUT2D eigenvalue weighted by Crippen LogP contribution is 2.26. The molecule has 4 rings (SSSR count). The van der Waals surface area contributed by atoms with Gasteiger partial charge in [-0.05, 0) is 61.1 Å². The average Bonchev–Trinajstić information content (AvgIpc) is 3.82. The molecule has 51 heavy (non-hydrogen) atoms. The quantitative estimate of drug-likeness (QED) is 0.0942. The van der Waals surface area contributed by atoms with E-state index in [1.807, 2.05) is 62.2 Å². The van der Waals surface area contributed by atoms with Crippen molar-refractivity contribution >= 4 is 41.4 Å². The molecule has 276 valence electrons. The Hall–Kier alpha value is -3.71. The summed E-state index contributed by atoms with van der Waals surface area (Å²) in [5, 5.41) is 12.7. The van der Waals surface area contributed by atoms with E-state index < -0.39 is 18.3 Å². The highest BCUT2D eigenvalue weighted by Gasteiger charge is 2.31. The number of nitrogens with one attached hydrogen (secondary N) is 3. The zero-order chi connectivity index (χ0) is 36.8. The number of aromatic nitrogens is 1. The molecule has 3 aromatic rings. The zero-order valence-electron chi connectivity index (χ0n) is 30.7. The Balaban J connectivity index is 1.46. The minimum Gasteiger partial charge on any atom is -0.444 e. The lowest BCUT2D eigenvalue weighted by molar-refractivity contribution is -0.126. The van der Waals surface area contributed by atoms with E-state index in [0.29, 0.717) is 43.5 Å². The van der Waals surface area contributed by atoms with Gasteiger partial charge in [-0.15, -0.1) is 23.1 Å². The molecule has 2 aromatic carbocycles. The Kier molecular flexibility index (Phi) is 16.0. The molecular formula is C39H54N6O4S2. The molecule has 10 nitrogen and oxygen atoms in total. The van der Waals surface area contributed by atoms with E-state index in [9.17, 15) is 14.4 Å². The summed E-state index contributed by atoms with van der Waals surface area (Å²) in [7, 11) is 3.67. The third-order valence-corrected chi connectivity index (χ3v) is 11.2. The fraction of sp³-hybridized carbons (Fsp3) is 0.487. The Morgan fingerprint density at radius 3 is 2.22 bits per heavy atom. The van der Waals surface area contributed by atoms with Gasteiger partial charge in [0.25, 0.3) is 0 Å². The molecule has 0 spiro atoms. The number of hydrogen-bond acceptors (Lipinski definition) is 10. The molecule has 2 amide bonds. The van der Waals surface area contributed by atoms with Gasteiger partial charge in [-0.1, -0.05) is 88.4 Å². The fourth-order valence-electron chi connectivity index (χ4n) is 6.03. The van der Waals surface area contributed by atoms with Gasteiger partial charge < -0.3 is 25.1 Å². The number of thiazole rings is 1. The molecular weight excluding hydrogens is 681 g/mol. The van der Waals surface area contributed by atoms with Crippen molar-refractivity contribution in [2.45, 2.75) is 89.7 Å². The van der Waals surface area contributed by atoms with Crippen LogP contribution in [0, 0.1) is 11.8 Å². The highest BCUT2D eigenvalue weighted by molar-refractivity contribution is 8.03. The second kappa shape index (κ2) is 20.4. The first-order valence-corrected chi connectivity index (χ1v) is 19.5. The van der Waals surface area contributed by atoms with Crippen LogP contribution in [-0.2, 0) is 33.8 Å². The van der Waals surface area contributed by atoms with Crippen LogP contribution in [0.15, 0.2) is 83.5 Å². The number of ether oxygens (including phenoxy) is 1. The number of hydrogen-bond donors (Lipinski definition) is 3. The summed E-state index contributed by atoms with van der Waals surface area (Å²) < 4.78 is 5.65. The molecule has 1 aliphatic heterocycles. The molecule has 0 saturated carbocycles. The smallest absolute Gasteiger partial charge is 0.410 e. The van der Waals surface area contributed by atoms with Gasteiger partial charge in [0.05, 0.1) is 21.8 Å². The number of benzene rings is 2. The lowest BCUT2D eigenvalue weighted by Gasteiger charge is -2.33. The van der Waals surface area contributed by atoms with Crippen molar-refractivity contribution in [1.82, 2.24) is 30.7 Å². The van der Waals surface area contributed by atoms with Crippen molar-refractivity contribution < 1.29 is 19.1 Å². The second-order valence-corrected chi connectivity index (χ2v) is 15.9. The van der Waals surface area contributed by atoms with E-state index in [4.69, 9.17) is 4.74 Å². The van der Waals surface area contributed by atoms with Crippen molar-refractivity contribution in [2.75, 3.05) is 20.6 Å². The van der Waals surface area contributed by atoms with Gasteiger partial charge in [0.1, 0.15) is 12.8 Å². The molecule has 0 bridgehead atoms. The Morgan fingerprint density at radius 2 is 1.65 bits per heavy atom. The van der Waals surface area contributed by atoms with Gasteiger partial charge in [0, 0.05) is 37.6 Å². The molecule has 0 radical (unpaired) electrons. The summed E-state index contributed by atoms with van der Waals surface area (Å²) in [6, 6.07) is 19.2. The Morgan fingerprint density at radius 1 is 0.980 bits per heavy atom. The number of carbonyl (C=O) groups excluding carboxylic acids is 3. The predicted molar refractivity (Wildman–Crippen MR) is 207 cm³/mol. The lowest BCUT2D eigenvalue weighted by atomic mass is 9.94. The van der Waals surface area contributed by atoms with Crippen molar-refractivity contribution in [1.29, 1.82) is 0 Å². The second-order valence-electron chi connectivity index (χ2n) is 13.9. The monoisotopic (exact) mass is 734 g/mol. The maximum atomic E-state index is 14.1. The van der Waals surface area contributed by atoms with E-state index >= 15 is 0 Å². The van der Waals surface area contributed by atoms with Crippen molar-refractivity contribution in [3.63, 3.8) is 0 Å². The largest absolute Gasteiger partial charge is 0.444 e. The van der Waals surface area contributed by atoms with E-state index in [1.165, 1.54) is 11.3 Å². The first kappa shape index (κ1) is 40.1. The third kappa shape index (κ3) is 12.8. The molecule has 1 aliphatic rings. The standard InChI is InChI=1S/C39H54N6O4S2/c1-27(2)36(43-35(23-46)44(5)22-32-25-50-38(42-32)28(3)4)37(47)41-31(19-29-13-9-7-10-14-29)17-18-33(20-30-15-11-8-12-16-30)45(6)39(48)49-24-34-21-40-26-51-34/h7-16,21,23,25-28,31,33,35-36,38,42-43H,17-20,22,24H2,1-6H3,(H,41,47)/t31-,33-,35?,36+,38?/m1/s1. The maximum Gasteiger partial charge on any atom is 0.410 e. The first-order chi connectivity index (χ1) is 24.5. The maximum absolute atomic E-state index is 14.1. The third-order valence-electron chi connectivity index (χ3n) is 9.10. The van der Waals surface area contributed by atoms with Gasteiger partial charge in [0.15, 0.2) is 6.29 Å². The number of aldehydes is 1. The molecule has 12 heteroatoms. The molecule has 3 N–H and O–H groups in total. The summed E-state index contributed by atoms with van der Waals surface area (Å²) >= 11 is 3.21. The average molecular weight is 735 g/mol. The van der Waals surface area contributed by atoms with E-state index in [0.717, 1.165) is 28.0 Å². The van der Waals surface area contributed by atoms with Gasteiger partial charge in [0.2, 0.25) is 5.91 Å². The van der Waals surface area contributed by atoms with Gasteiger partial charge in [-0.2, -0.15) is 0 Å². The van der Waals surface area contributed by atoms with Crippen LogP contribution < -0.4 is 16.0 Å². The number of nitrogens with zero attached hydrogens (tertiary/aromatic N) is 3. The molecule has 2 heterocycles. The zero-order valence-corrected chi connectivity index (χ0v) is 32.3. The summed E-state index contributed by atoms with van der Waals surface area (Å²) in [5.41, 5.74) is 5.00. The SMILES string of the molecule is CC(C)C1NC(CN(C)C(C=O)N[C@H](C(=O)N[C@H](CC[C@H](Cc2ccccc2)N(C)C(=O)OCc2cncs2)Cc2ccccc2)C(C)C)=CS1. The number of carbonyl (C=O) groups is 3. The van der Waals surface area contributed by atoms with Crippen LogP contribution in [0.25, 0.3) is 0 Å². The van der Waals surface area contributed by atoms with Crippen molar-refractivity contribution in [3.8, 4) is 0 Å². The van der Waals surface area contributed by atoms with E-state index in [2.05, 4.69) is 64.5 Å². The molecule has 0 aliphatic carbocycles. The van der Waals surface area contributed by atoms with Crippen molar-refractivity contribution in [2.24, 2.45) is 11.8 Å². The van der Waals surface area contributed by atoms with Gasteiger partial charge in [-0.25, -0.2) is 4.79 Å². The summed E-state index contributed by atoms with van der Waals surface area (Å²) in [6.07, 6.45) is 4.05. The van der Waals surface area contributed by atoms with Crippen LogP contribution in [0.1, 0.15) is 56.5 Å². The van der Waals surface area contributed by atoms with Crippen LogP contribution in [0.5, 0.6) is 0 Å². The van der Waals surface area contributed by atoms with Crippen LogP contribution in [0.3, 0.4) is 0 Å². The normalized spacial score (nSPS) is 16.6. The molecule has 2 unspecified atom stereocenters. The molecule has 0 fully saturated rings. The van der Waals surface area contributed by atoms with E-state index in [-0.39, 0.29) is 30.5 Å². The Labute approximate surface area is 311 Å². The lowest BCUT2D eigenvalue weighted by Crippen LogP contribution is -2.58. The molecule has 0 saturated heterocycles. The number of likely N-dealkylation sites (N-methyl/N-ethyl adjacent to an activating group) is 2. The van der Waals surface area contributed by atoms with Crippen LogP contribution >= 0.6 is 23.1 Å². The highest BCUT2D eigenvalue weighted by atomic mass is 32.2. The Bertz CT molecular complexity index is 1520. The van der Waals surface area contributed by atoms with Gasteiger partial charge >= 0.3 is 6.09 Å². The molecule has 5 atom stereocenters. The minimum absolute atomic E-state index is 0.0757. The number of thioether (sulfide) groups is 1. The minimum atomic E-state index is -0.651. The molecule has 1 aromatic heterocycles. The van der Waals surface area contributed by atoms with Crippen LogP contribution in [0.2, 0.25) is 0 Å². The topological polar surface area (TPSA) is 116 Å². The predicted octanol–water partition coefficient (Wildman–Crippen LogP) is 6.06. The van der Waals surface area contributed by atoms with Crippen LogP contribution in [-0.4, -0.2) is 83.4 Å². The number of rotatable bonds is 20. The fourth-order valence-corrected chi connectivity index (χ4v) is 7.52. The summed E-state index contributed by atoms with van der Waals surface area (Å²) in [4.78, 5) is 48.3. The van der Waals surface area contributed by atoms with Crippen molar-refractivity contribution in [3.05, 3.63) is 99.5 Å².